The minimum absolute atomic E-state index is 0.298. The van der Waals surface area contributed by atoms with Gasteiger partial charge in [-0.05, 0) is 54.8 Å². The molecule has 4 rings (SSSR count). The Balaban J connectivity index is 1.41. The Morgan fingerprint density at radius 2 is 1.69 bits per heavy atom. The third-order valence-corrected chi connectivity index (χ3v) is 6.05. The molecule has 32 heavy (non-hydrogen) atoms. The van der Waals surface area contributed by atoms with Crippen LogP contribution in [0.25, 0.3) is 0 Å². The Labute approximate surface area is 193 Å². The number of allylic oxidation sites excluding steroid dienone is 1. The number of anilines is 1. The van der Waals surface area contributed by atoms with Gasteiger partial charge in [0.25, 0.3) is 5.91 Å². The summed E-state index contributed by atoms with van der Waals surface area (Å²) in [6.07, 6.45) is 11.0. The van der Waals surface area contributed by atoms with Crippen LogP contribution < -0.4 is 16.0 Å². The lowest BCUT2D eigenvalue weighted by Crippen LogP contribution is -2.42. The molecular formula is C25H27ClN4O2. The van der Waals surface area contributed by atoms with Gasteiger partial charge in [0, 0.05) is 35.2 Å². The van der Waals surface area contributed by atoms with Gasteiger partial charge in [-0.2, -0.15) is 0 Å². The van der Waals surface area contributed by atoms with Gasteiger partial charge in [0.15, 0.2) is 0 Å². The number of rotatable bonds is 6. The van der Waals surface area contributed by atoms with Crippen LogP contribution in [0.3, 0.4) is 0 Å². The van der Waals surface area contributed by atoms with Crippen molar-refractivity contribution < 1.29 is 9.59 Å². The Morgan fingerprint density at radius 1 is 0.969 bits per heavy atom. The molecule has 2 aromatic carbocycles. The molecule has 2 aromatic rings. The highest BCUT2D eigenvalue weighted by Gasteiger charge is 2.25. The molecule has 0 unspecified atom stereocenters. The van der Waals surface area contributed by atoms with E-state index in [1.54, 1.807) is 24.3 Å². The summed E-state index contributed by atoms with van der Waals surface area (Å²) in [5.74, 6) is -0.298. The molecule has 0 spiro atoms. The first-order chi connectivity index (χ1) is 15.6. The largest absolute Gasteiger partial charge is 0.371 e. The second-order valence-electron chi connectivity index (χ2n) is 8.05. The van der Waals surface area contributed by atoms with Gasteiger partial charge in [-0.3, -0.25) is 4.79 Å². The lowest BCUT2D eigenvalue weighted by atomic mass is 10.1. The Hall–Kier alpha value is -3.25. The molecule has 0 radical (unpaired) electrons. The van der Waals surface area contributed by atoms with Gasteiger partial charge in [0.2, 0.25) is 0 Å². The summed E-state index contributed by atoms with van der Waals surface area (Å²) < 4.78 is 0. The predicted molar refractivity (Wildman–Crippen MR) is 127 cm³/mol. The van der Waals surface area contributed by atoms with Crippen molar-refractivity contribution in [1.29, 1.82) is 0 Å². The van der Waals surface area contributed by atoms with Gasteiger partial charge in [-0.15, -0.1) is 0 Å². The highest BCUT2D eigenvalue weighted by atomic mass is 35.5. The first-order valence-electron chi connectivity index (χ1n) is 10.9. The van der Waals surface area contributed by atoms with E-state index in [0.717, 1.165) is 12.2 Å². The molecule has 1 heterocycles. The van der Waals surface area contributed by atoms with Gasteiger partial charge < -0.3 is 20.9 Å². The number of urea groups is 1. The Morgan fingerprint density at radius 3 is 2.34 bits per heavy atom. The maximum absolute atomic E-state index is 13.1. The van der Waals surface area contributed by atoms with E-state index in [-0.39, 0.29) is 5.91 Å². The molecule has 0 saturated heterocycles. The van der Waals surface area contributed by atoms with Crippen molar-refractivity contribution in [2.24, 2.45) is 0 Å². The number of benzene rings is 2. The number of nitrogens with one attached hydrogen (secondary N) is 3. The lowest BCUT2D eigenvalue weighted by Gasteiger charge is -2.29. The Bertz CT molecular complexity index is 998. The lowest BCUT2D eigenvalue weighted by molar-refractivity contribution is -0.122. The molecule has 6 nitrogen and oxygen atoms in total. The first kappa shape index (κ1) is 22.0. The van der Waals surface area contributed by atoms with Crippen molar-refractivity contribution in [3.63, 3.8) is 0 Å². The molecular weight excluding hydrogens is 424 g/mol. The average Bonchev–Trinajstić information content (AvgIpc) is 3.35. The van der Waals surface area contributed by atoms with Crippen molar-refractivity contribution in [3.05, 3.63) is 89.2 Å². The average molecular weight is 451 g/mol. The summed E-state index contributed by atoms with van der Waals surface area (Å²) in [4.78, 5) is 28.0. The SMILES string of the molecule is O=C(Nc1ccc(Cl)cc1)N[C@@H](C(=O)NC1=CCN(C2CCCC2)C=C1)c1ccccc1. The molecule has 3 N–H and O–H groups in total. The monoisotopic (exact) mass is 450 g/mol. The Kier molecular flexibility index (Phi) is 7.12. The predicted octanol–water partition coefficient (Wildman–Crippen LogP) is 4.97. The maximum atomic E-state index is 13.1. The van der Waals surface area contributed by atoms with E-state index in [1.807, 2.05) is 42.5 Å². The first-order valence-corrected chi connectivity index (χ1v) is 11.3. The highest BCUT2D eigenvalue weighted by Crippen LogP contribution is 2.25. The van der Waals surface area contributed by atoms with E-state index in [4.69, 9.17) is 11.6 Å². The molecule has 0 aromatic heterocycles. The number of amides is 3. The van der Waals surface area contributed by atoms with Crippen molar-refractivity contribution in [2.45, 2.75) is 37.8 Å². The van der Waals surface area contributed by atoms with Crippen molar-refractivity contribution >= 4 is 29.2 Å². The molecule has 2 aliphatic rings. The van der Waals surface area contributed by atoms with Gasteiger partial charge in [0.1, 0.15) is 6.04 Å². The third-order valence-electron chi connectivity index (χ3n) is 5.80. The maximum Gasteiger partial charge on any atom is 0.320 e. The highest BCUT2D eigenvalue weighted by molar-refractivity contribution is 6.30. The molecule has 1 aliphatic carbocycles. The van der Waals surface area contributed by atoms with Crippen LogP contribution in [0.15, 0.2) is 78.6 Å². The number of hydrogen-bond acceptors (Lipinski definition) is 3. The minimum Gasteiger partial charge on any atom is -0.371 e. The summed E-state index contributed by atoms with van der Waals surface area (Å²) in [5, 5.41) is 9.06. The molecule has 3 amide bonds. The van der Waals surface area contributed by atoms with Crippen LogP contribution in [0.2, 0.25) is 5.02 Å². The molecule has 1 atom stereocenters. The smallest absolute Gasteiger partial charge is 0.320 e. The van der Waals surface area contributed by atoms with E-state index in [1.165, 1.54) is 25.7 Å². The van der Waals surface area contributed by atoms with E-state index < -0.39 is 12.1 Å². The fourth-order valence-electron chi connectivity index (χ4n) is 4.10. The molecule has 0 bridgehead atoms. The van der Waals surface area contributed by atoms with Crippen molar-refractivity contribution in [3.8, 4) is 0 Å². The third kappa shape index (κ3) is 5.71. The van der Waals surface area contributed by atoms with Crippen LogP contribution in [0.4, 0.5) is 10.5 Å². The number of halogens is 1. The minimum atomic E-state index is -0.842. The zero-order valence-corrected chi connectivity index (χ0v) is 18.5. The van der Waals surface area contributed by atoms with Crippen LogP contribution in [0.5, 0.6) is 0 Å². The second-order valence-corrected chi connectivity index (χ2v) is 8.49. The number of hydrogen-bond donors (Lipinski definition) is 3. The molecule has 7 heteroatoms. The summed E-state index contributed by atoms with van der Waals surface area (Å²) >= 11 is 5.90. The van der Waals surface area contributed by atoms with Crippen LogP contribution in [-0.2, 0) is 4.79 Å². The van der Waals surface area contributed by atoms with Crippen LogP contribution in [-0.4, -0.2) is 29.4 Å². The van der Waals surface area contributed by atoms with Crippen molar-refractivity contribution in [2.75, 3.05) is 11.9 Å². The van der Waals surface area contributed by atoms with Crippen molar-refractivity contribution in [1.82, 2.24) is 15.5 Å². The molecule has 1 fully saturated rings. The quantitative estimate of drug-likeness (QED) is 0.581. The normalized spacial score (nSPS) is 16.9. The van der Waals surface area contributed by atoms with E-state index in [2.05, 4.69) is 27.1 Å². The zero-order valence-electron chi connectivity index (χ0n) is 17.8. The van der Waals surface area contributed by atoms with E-state index >= 15 is 0 Å². The van der Waals surface area contributed by atoms with Gasteiger partial charge >= 0.3 is 6.03 Å². The number of carbonyl (C=O) groups is 2. The summed E-state index contributed by atoms with van der Waals surface area (Å²) in [5.41, 5.74) is 2.03. The fraction of sp³-hybridized carbons (Fsp3) is 0.280. The van der Waals surface area contributed by atoms with Gasteiger partial charge in [-0.25, -0.2) is 4.79 Å². The fourth-order valence-corrected chi connectivity index (χ4v) is 4.23. The van der Waals surface area contributed by atoms with Crippen LogP contribution in [0.1, 0.15) is 37.3 Å². The zero-order chi connectivity index (χ0) is 22.3. The van der Waals surface area contributed by atoms with Gasteiger partial charge in [-0.1, -0.05) is 54.8 Å². The van der Waals surface area contributed by atoms with Crippen LogP contribution >= 0.6 is 11.6 Å². The summed E-state index contributed by atoms with van der Waals surface area (Å²) in [6, 6.07) is 15.2. The number of carbonyl (C=O) groups excluding carboxylic acids is 2. The molecule has 166 valence electrons. The second kappa shape index (κ2) is 10.4. The summed E-state index contributed by atoms with van der Waals surface area (Å²) in [6.45, 7) is 0.775. The topological polar surface area (TPSA) is 73.5 Å². The van der Waals surface area contributed by atoms with Gasteiger partial charge in [0.05, 0.1) is 0 Å². The summed E-state index contributed by atoms with van der Waals surface area (Å²) in [7, 11) is 0. The number of nitrogens with zero attached hydrogens (tertiary/aromatic N) is 1. The molecule has 1 aliphatic heterocycles. The van der Waals surface area contributed by atoms with Crippen LogP contribution in [0, 0.1) is 0 Å². The van der Waals surface area contributed by atoms with E-state index in [9.17, 15) is 9.59 Å². The van der Waals surface area contributed by atoms with E-state index in [0.29, 0.717) is 22.3 Å². The standard InChI is InChI=1S/C25H27ClN4O2/c26-19-10-12-20(13-11-19)28-25(32)29-23(18-6-2-1-3-7-18)24(31)27-21-14-16-30(17-15-21)22-8-4-5-9-22/h1-3,6-7,10-16,22-23H,4-5,8-9,17H2,(H,27,31)(H2,28,29,32)/t23-/m1/s1. The molecule has 1 saturated carbocycles.